The summed E-state index contributed by atoms with van der Waals surface area (Å²) in [4.78, 5) is 9.36. The monoisotopic (exact) mass is 496 g/mol. The second-order valence-electron chi connectivity index (χ2n) is 9.71. The van der Waals surface area contributed by atoms with Gasteiger partial charge in [0.05, 0.1) is 11.0 Å². The number of fused-ring (bicyclic) bond motifs is 5. The van der Waals surface area contributed by atoms with E-state index in [1.54, 1.807) is 6.20 Å². The molecule has 0 aliphatic heterocycles. The van der Waals surface area contributed by atoms with Gasteiger partial charge < -0.3 is 0 Å². The number of aromatic nitrogens is 2. The van der Waals surface area contributed by atoms with Gasteiger partial charge >= 0.3 is 0 Å². The summed E-state index contributed by atoms with van der Waals surface area (Å²) in [6.45, 7) is 0.930. The number of halogens is 2. The van der Waals surface area contributed by atoms with Crippen molar-refractivity contribution in [3.63, 3.8) is 0 Å². The van der Waals surface area contributed by atoms with Crippen LogP contribution in [0.25, 0.3) is 65.6 Å². The molecule has 0 fully saturated rings. The molecule has 0 amide bonds. The maximum Gasteiger partial charge on any atom is 0.270 e. The average molecular weight is 497 g/mol. The molecule has 7 aromatic rings. The van der Waals surface area contributed by atoms with Crippen LogP contribution in [-0.2, 0) is 5.92 Å². The lowest BCUT2D eigenvalue weighted by Gasteiger charge is -2.19. The van der Waals surface area contributed by atoms with Crippen LogP contribution < -0.4 is 0 Å². The van der Waals surface area contributed by atoms with E-state index >= 15 is 0 Å². The number of hydrogen-bond donors (Lipinski definition) is 0. The largest absolute Gasteiger partial charge is 0.270 e. The van der Waals surface area contributed by atoms with Crippen molar-refractivity contribution in [1.82, 2.24) is 9.97 Å². The summed E-state index contributed by atoms with van der Waals surface area (Å²) < 4.78 is 27.9. The Bertz CT molecular complexity index is 1950. The first kappa shape index (κ1) is 22.5. The van der Waals surface area contributed by atoms with Gasteiger partial charge in [0, 0.05) is 35.7 Å². The van der Waals surface area contributed by atoms with Crippen molar-refractivity contribution in [1.29, 1.82) is 0 Å². The Balaban J connectivity index is 1.62. The standard InChI is InChI=1S/C34H22F2N2/c1-34(35,36)23-16-14-21(15-17-23)30-24-9-2-4-11-26(24)31(27-12-5-3-10-25(27)30)29-20-22-8-6-18-37-32(22)33-28(29)13-7-19-38-33/h2-20H,1H3. The molecule has 2 nitrogen and oxygen atoms in total. The van der Waals surface area contributed by atoms with E-state index in [0.717, 1.165) is 72.5 Å². The Hall–Kier alpha value is -4.70. The fourth-order valence-corrected chi connectivity index (χ4v) is 5.64. The van der Waals surface area contributed by atoms with Gasteiger partial charge in [-0.1, -0.05) is 84.9 Å². The number of pyridine rings is 2. The molecule has 0 aliphatic rings. The highest BCUT2D eigenvalue weighted by atomic mass is 19.3. The van der Waals surface area contributed by atoms with Crippen LogP contribution in [0.15, 0.2) is 116 Å². The van der Waals surface area contributed by atoms with E-state index in [1.165, 1.54) is 12.1 Å². The van der Waals surface area contributed by atoms with Crippen molar-refractivity contribution in [2.45, 2.75) is 12.8 Å². The van der Waals surface area contributed by atoms with E-state index in [4.69, 9.17) is 4.98 Å². The zero-order valence-corrected chi connectivity index (χ0v) is 20.6. The molecule has 2 aromatic heterocycles. The minimum atomic E-state index is -2.88. The first-order chi connectivity index (χ1) is 18.5. The van der Waals surface area contributed by atoms with Crippen molar-refractivity contribution in [2.24, 2.45) is 0 Å². The fourth-order valence-electron chi connectivity index (χ4n) is 5.64. The zero-order valence-electron chi connectivity index (χ0n) is 20.6. The molecule has 2 heterocycles. The van der Waals surface area contributed by atoms with Gasteiger partial charge in [-0.15, -0.1) is 0 Å². The highest BCUT2D eigenvalue weighted by Crippen LogP contribution is 2.46. The van der Waals surface area contributed by atoms with E-state index in [2.05, 4.69) is 47.4 Å². The summed E-state index contributed by atoms with van der Waals surface area (Å²) in [5.41, 5.74) is 5.92. The second-order valence-corrected chi connectivity index (χ2v) is 9.71. The molecule has 0 aliphatic carbocycles. The van der Waals surface area contributed by atoms with E-state index in [-0.39, 0.29) is 5.56 Å². The summed E-state index contributed by atoms with van der Waals surface area (Å²) in [5.74, 6) is -2.88. The Morgan fingerprint density at radius 2 is 1.08 bits per heavy atom. The third-order valence-corrected chi connectivity index (χ3v) is 7.34. The van der Waals surface area contributed by atoms with Crippen LogP contribution in [0, 0.1) is 0 Å². The summed E-state index contributed by atoms with van der Waals surface area (Å²) in [5, 5.41) is 6.40. The summed E-state index contributed by atoms with van der Waals surface area (Å²) in [6, 6.07) is 33.7. The van der Waals surface area contributed by atoms with E-state index < -0.39 is 5.92 Å². The summed E-state index contributed by atoms with van der Waals surface area (Å²) >= 11 is 0. The minimum absolute atomic E-state index is 0.00947. The molecule has 5 aromatic carbocycles. The molecular weight excluding hydrogens is 474 g/mol. The SMILES string of the molecule is CC(F)(F)c1ccc(-c2c3ccccc3c(-c3cc4cccnc4c4ncccc34)c3ccccc23)cc1. The molecule has 0 atom stereocenters. The molecule has 4 heteroatoms. The lowest BCUT2D eigenvalue weighted by molar-refractivity contribution is 0.0175. The third-order valence-electron chi connectivity index (χ3n) is 7.34. The Labute approximate surface area is 218 Å². The van der Waals surface area contributed by atoms with Crippen LogP contribution in [0.4, 0.5) is 8.78 Å². The van der Waals surface area contributed by atoms with Gasteiger partial charge in [-0.25, -0.2) is 8.78 Å². The Morgan fingerprint density at radius 1 is 0.553 bits per heavy atom. The molecular formula is C34H22F2N2. The van der Waals surface area contributed by atoms with Crippen molar-refractivity contribution in [3.8, 4) is 22.3 Å². The van der Waals surface area contributed by atoms with Crippen molar-refractivity contribution in [2.75, 3.05) is 0 Å². The molecule has 0 radical (unpaired) electrons. The average Bonchev–Trinajstić information content (AvgIpc) is 2.95. The molecule has 0 spiro atoms. The molecule has 182 valence electrons. The molecule has 0 saturated heterocycles. The molecule has 0 unspecified atom stereocenters. The third kappa shape index (κ3) is 3.45. The van der Waals surface area contributed by atoms with Gasteiger partial charge in [0.2, 0.25) is 0 Å². The molecule has 0 bridgehead atoms. The van der Waals surface area contributed by atoms with Gasteiger partial charge in [0.1, 0.15) is 0 Å². The Morgan fingerprint density at radius 3 is 1.68 bits per heavy atom. The fraction of sp³-hybridized carbons (Fsp3) is 0.0588. The number of rotatable bonds is 3. The van der Waals surface area contributed by atoms with Crippen molar-refractivity contribution < 1.29 is 8.78 Å². The molecule has 38 heavy (non-hydrogen) atoms. The summed E-state index contributed by atoms with van der Waals surface area (Å²) in [7, 11) is 0. The number of nitrogens with zero attached hydrogens (tertiary/aromatic N) is 2. The highest BCUT2D eigenvalue weighted by molar-refractivity contribution is 6.25. The van der Waals surface area contributed by atoms with Crippen LogP contribution in [-0.4, -0.2) is 9.97 Å². The molecule has 0 N–H and O–H groups in total. The van der Waals surface area contributed by atoms with Crippen molar-refractivity contribution >= 4 is 43.4 Å². The zero-order chi connectivity index (χ0) is 25.9. The van der Waals surface area contributed by atoms with Gasteiger partial charge in [-0.3, -0.25) is 9.97 Å². The maximum absolute atomic E-state index is 14.0. The predicted octanol–water partition coefficient (Wildman–Crippen LogP) is 9.54. The second kappa shape index (κ2) is 8.42. The Kier molecular flexibility index (Phi) is 4.98. The highest BCUT2D eigenvalue weighted by Gasteiger charge is 2.24. The maximum atomic E-state index is 14.0. The van der Waals surface area contributed by atoms with Gasteiger partial charge in [-0.05, 0) is 62.0 Å². The summed E-state index contributed by atoms with van der Waals surface area (Å²) in [6.07, 6.45) is 3.61. The van der Waals surface area contributed by atoms with Crippen LogP contribution >= 0.6 is 0 Å². The van der Waals surface area contributed by atoms with Crippen LogP contribution in [0.5, 0.6) is 0 Å². The first-order valence-corrected chi connectivity index (χ1v) is 12.6. The van der Waals surface area contributed by atoms with Crippen LogP contribution in [0.1, 0.15) is 12.5 Å². The molecule has 7 rings (SSSR count). The van der Waals surface area contributed by atoms with Gasteiger partial charge in [-0.2, -0.15) is 0 Å². The van der Waals surface area contributed by atoms with Crippen molar-refractivity contribution in [3.05, 3.63) is 121 Å². The van der Waals surface area contributed by atoms with E-state index in [0.29, 0.717) is 0 Å². The number of alkyl halides is 2. The smallest absolute Gasteiger partial charge is 0.254 e. The van der Waals surface area contributed by atoms with E-state index in [9.17, 15) is 8.78 Å². The lowest BCUT2D eigenvalue weighted by Crippen LogP contribution is -2.06. The quantitative estimate of drug-likeness (QED) is 0.180. The minimum Gasteiger partial charge on any atom is -0.254 e. The van der Waals surface area contributed by atoms with Gasteiger partial charge in [0.25, 0.3) is 5.92 Å². The number of benzene rings is 5. The van der Waals surface area contributed by atoms with E-state index in [1.807, 2.05) is 54.7 Å². The van der Waals surface area contributed by atoms with Crippen LogP contribution in [0.3, 0.4) is 0 Å². The predicted molar refractivity (Wildman–Crippen MR) is 152 cm³/mol. The number of hydrogen-bond acceptors (Lipinski definition) is 2. The molecule has 0 saturated carbocycles. The van der Waals surface area contributed by atoms with Crippen LogP contribution in [0.2, 0.25) is 0 Å². The lowest BCUT2D eigenvalue weighted by atomic mass is 9.84. The normalized spacial score (nSPS) is 12.1. The topological polar surface area (TPSA) is 25.8 Å². The first-order valence-electron chi connectivity index (χ1n) is 12.6. The van der Waals surface area contributed by atoms with Gasteiger partial charge in [0.15, 0.2) is 0 Å².